The number of nitrogens with zero attached hydrogens (tertiary/aromatic N) is 3. The van der Waals surface area contributed by atoms with Gasteiger partial charge in [0.15, 0.2) is 0 Å². The Hall–Kier alpha value is -1.21. The first-order valence-corrected chi connectivity index (χ1v) is 6.45. The highest BCUT2D eigenvalue weighted by molar-refractivity contribution is 9.18. The van der Waals surface area contributed by atoms with Gasteiger partial charge in [-0.2, -0.15) is 0 Å². The van der Waals surface area contributed by atoms with Gasteiger partial charge >= 0.3 is 5.69 Å². The maximum absolute atomic E-state index is 12.2. The molecular weight excluding hydrogens is 302 g/mol. The fraction of sp³-hybridized carbons (Fsp3) is 0.545. The highest BCUT2D eigenvalue weighted by Crippen LogP contribution is 2.23. The third-order valence-corrected chi connectivity index (χ3v) is 3.39. The van der Waals surface area contributed by atoms with Crippen molar-refractivity contribution in [2.24, 2.45) is 12.0 Å². The molecule has 0 saturated carbocycles. The number of halogens is 1. The molecule has 1 aromatic rings. The summed E-state index contributed by atoms with van der Waals surface area (Å²) in [5, 5.41) is 9.25. The van der Waals surface area contributed by atoms with Crippen LogP contribution in [0.1, 0.15) is 18.9 Å². The first kappa shape index (κ1) is 13.2. The van der Waals surface area contributed by atoms with Crippen LogP contribution in [-0.2, 0) is 20.0 Å². The third kappa shape index (κ3) is 2.20. The molecule has 0 bridgehead atoms. The highest BCUT2D eigenvalue weighted by atomic mass is 79.9. The predicted octanol–water partition coefficient (Wildman–Crippen LogP) is 0.299. The molecule has 1 N–H and O–H groups in total. The molecule has 1 aliphatic heterocycles. The lowest BCUT2D eigenvalue weighted by atomic mass is 10.2. The zero-order valence-corrected chi connectivity index (χ0v) is 11.8. The minimum atomic E-state index is -0.544. The molecule has 98 valence electrons. The maximum atomic E-state index is 12.2. The molecule has 0 fully saturated rings. The third-order valence-electron chi connectivity index (χ3n) is 2.93. The Morgan fingerprint density at radius 2 is 2.17 bits per heavy atom. The number of rotatable bonds is 3. The zero-order valence-electron chi connectivity index (χ0n) is 10.2. The van der Waals surface area contributed by atoms with Gasteiger partial charge in [0.05, 0.1) is 16.3 Å². The van der Waals surface area contributed by atoms with Crippen molar-refractivity contribution < 1.29 is 5.11 Å². The zero-order chi connectivity index (χ0) is 13.4. The number of aliphatic hydroxyl groups excluding tert-OH is 1. The SMILES string of the molecule is CC(O)CCn1c(=O)c2c(n(C)c1=O)N=C(Br)C2. The van der Waals surface area contributed by atoms with Crippen LogP contribution in [0.5, 0.6) is 0 Å². The van der Waals surface area contributed by atoms with E-state index in [0.717, 1.165) is 4.57 Å². The lowest BCUT2D eigenvalue weighted by molar-refractivity contribution is 0.176. The van der Waals surface area contributed by atoms with Gasteiger partial charge < -0.3 is 5.11 Å². The summed E-state index contributed by atoms with van der Waals surface area (Å²) in [4.78, 5) is 28.3. The van der Waals surface area contributed by atoms with Crippen molar-refractivity contribution in [3.8, 4) is 0 Å². The van der Waals surface area contributed by atoms with Crippen LogP contribution in [0.3, 0.4) is 0 Å². The van der Waals surface area contributed by atoms with Crippen LogP contribution in [0.4, 0.5) is 5.82 Å². The summed E-state index contributed by atoms with van der Waals surface area (Å²) in [6.07, 6.45) is 0.241. The van der Waals surface area contributed by atoms with Crippen molar-refractivity contribution in [3.05, 3.63) is 26.4 Å². The van der Waals surface area contributed by atoms with Gasteiger partial charge in [0, 0.05) is 20.0 Å². The van der Waals surface area contributed by atoms with Crippen LogP contribution in [0.25, 0.3) is 0 Å². The summed E-state index contributed by atoms with van der Waals surface area (Å²) in [7, 11) is 1.59. The summed E-state index contributed by atoms with van der Waals surface area (Å²) < 4.78 is 3.18. The fourth-order valence-corrected chi connectivity index (χ4v) is 2.38. The van der Waals surface area contributed by atoms with E-state index in [-0.39, 0.29) is 12.1 Å². The number of hydrogen-bond donors (Lipinski definition) is 1. The molecule has 1 aliphatic rings. The van der Waals surface area contributed by atoms with Crippen LogP contribution < -0.4 is 11.2 Å². The summed E-state index contributed by atoms with van der Waals surface area (Å²) >= 11 is 3.25. The Kier molecular flexibility index (Phi) is 3.54. The maximum Gasteiger partial charge on any atom is 0.332 e. The average molecular weight is 316 g/mol. The molecule has 0 aliphatic carbocycles. The summed E-state index contributed by atoms with van der Waals surface area (Å²) in [6, 6.07) is 0. The molecule has 6 nitrogen and oxygen atoms in total. The van der Waals surface area contributed by atoms with Crippen molar-refractivity contribution in [2.75, 3.05) is 0 Å². The molecule has 2 rings (SSSR count). The van der Waals surface area contributed by atoms with Crippen LogP contribution >= 0.6 is 15.9 Å². The first-order valence-electron chi connectivity index (χ1n) is 5.65. The van der Waals surface area contributed by atoms with Crippen molar-refractivity contribution in [2.45, 2.75) is 32.4 Å². The second-order valence-corrected chi connectivity index (χ2v) is 5.32. The highest BCUT2D eigenvalue weighted by Gasteiger charge is 2.22. The van der Waals surface area contributed by atoms with Gasteiger partial charge in [0.1, 0.15) is 5.82 Å². The van der Waals surface area contributed by atoms with Gasteiger partial charge in [0.25, 0.3) is 5.56 Å². The molecule has 1 unspecified atom stereocenters. The lowest BCUT2D eigenvalue weighted by Gasteiger charge is -2.11. The van der Waals surface area contributed by atoms with E-state index in [9.17, 15) is 14.7 Å². The molecule has 0 amide bonds. The first-order chi connectivity index (χ1) is 8.41. The molecule has 1 aromatic heterocycles. The Balaban J connectivity index is 2.53. The van der Waals surface area contributed by atoms with Gasteiger partial charge in [-0.15, -0.1) is 0 Å². The van der Waals surface area contributed by atoms with E-state index >= 15 is 0 Å². The Morgan fingerprint density at radius 1 is 1.50 bits per heavy atom. The number of fused-ring (bicyclic) bond motifs is 1. The minimum Gasteiger partial charge on any atom is -0.393 e. The van der Waals surface area contributed by atoms with Crippen molar-refractivity contribution >= 4 is 26.4 Å². The van der Waals surface area contributed by atoms with Gasteiger partial charge in [-0.3, -0.25) is 13.9 Å². The van der Waals surface area contributed by atoms with Crippen LogP contribution in [0.2, 0.25) is 0 Å². The smallest absolute Gasteiger partial charge is 0.332 e. The number of hydrogen-bond acceptors (Lipinski definition) is 4. The Morgan fingerprint density at radius 3 is 2.78 bits per heavy atom. The van der Waals surface area contributed by atoms with E-state index in [1.165, 1.54) is 4.57 Å². The molecule has 18 heavy (non-hydrogen) atoms. The van der Waals surface area contributed by atoms with Crippen LogP contribution in [-0.4, -0.2) is 25.0 Å². The largest absolute Gasteiger partial charge is 0.393 e. The van der Waals surface area contributed by atoms with Crippen molar-refractivity contribution in [1.82, 2.24) is 9.13 Å². The van der Waals surface area contributed by atoms with E-state index in [1.54, 1.807) is 14.0 Å². The van der Waals surface area contributed by atoms with Crippen molar-refractivity contribution in [1.29, 1.82) is 0 Å². The van der Waals surface area contributed by atoms with Crippen LogP contribution in [0.15, 0.2) is 14.6 Å². The molecular formula is C11H14BrN3O3. The lowest BCUT2D eigenvalue weighted by Crippen LogP contribution is -2.40. The van der Waals surface area contributed by atoms with E-state index in [4.69, 9.17) is 0 Å². The second-order valence-electron chi connectivity index (χ2n) is 4.40. The predicted molar refractivity (Wildman–Crippen MR) is 72.0 cm³/mol. The summed E-state index contributed by atoms with van der Waals surface area (Å²) in [5.74, 6) is 0.421. The number of aliphatic imine (C=N–C) groups is 1. The van der Waals surface area contributed by atoms with E-state index in [0.29, 0.717) is 28.8 Å². The van der Waals surface area contributed by atoms with E-state index < -0.39 is 11.8 Å². The summed E-state index contributed by atoms with van der Waals surface area (Å²) in [5.41, 5.74) is -0.188. The molecule has 0 radical (unpaired) electrons. The quantitative estimate of drug-likeness (QED) is 0.871. The summed E-state index contributed by atoms with van der Waals surface area (Å²) in [6.45, 7) is 1.84. The van der Waals surface area contributed by atoms with Gasteiger partial charge in [0.2, 0.25) is 0 Å². The van der Waals surface area contributed by atoms with E-state index in [2.05, 4.69) is 20.9 Å². The normalized spacial score (nSPS) is 15.4. The monoisotopic (exact) mass is 315 g/mol. The Bertz CT molecular complexity index is 628. The minimum absolute atomic E-state index is 0.216. The number of aromatic nitrogens is 2. The average Bonchev–Trinajstić information content (AvgIpc) is 2.68. The molecule has 1 atom stereocenters. The van der Waals surface area contributed by atoms with Gasteiger partial charge in [-0.1, -0.05) is 0 Å². The van der Waals surface area contributed by atoms with E-state index in [1.807, 2.05) is 0 Å². The topological polar surface area (TPSA) is 76.6 Å². The molecule has 0 spiro atoms. The number of aliphatic hydroxyl groups is 1. The van der Waals surface area contributed by atoms with Crippen molar-refractivity contribution in [3.63, 3.8) is 0 Å². The standard InChI is InChI=1S/C11H14BrN3O3/c1-6(16)3-4-15-10(17)7-5-8(12)13-9(7)14(2)11(15)18/h6,16H,3-5H2,1-2H3. The van der Waals surface area contributed by atoms with Gasteiger partial charge in [-0.25, -0.2) is 9.79 Å². The second kappa shape index (κ2) is 4.81. The molecule has 0 aromatic carbocycles. The molecule has 2 heterocycles. The fourth-order valence-electron chi connectivity index (χ4n) is 1.93. The Labute approximate surface area is 112 Å². The van der Waals surface area contributed by atoms with Crippen LogP contribution in [0, 0.1) is 0 Å². The molecule has 0 saturated heterocycles. The van der Waals surface area contributed by atoms with Gasteiger partial charge in [-0.05, 0) is 29.3 Å². The molecule has 7 heteroatoms.